The predicted octanol–water partition coefficient (Wildman–Crippen LogP) is 2.25. The van der Waals surface area contributed by atoms with Gasteiger partial charge in [-0.1, -0.05) is 0 Å². The first-order valence-corrected chi connectivity index (χ1v) is 8.16. The Morgan fingerprint density at radius 1 is 1.20 bits per heavy atom. The zero-order valence-corrected chi connectivity index (χ0v) is 11.5. The summed E-state index contributed by atoms with van der Waals surface area (Å²) in [5.41, 5.74) is -0.878. The van der Waals surface area contributed by atoms with Crippen molar-refractivity contribution in [2.45, 2.75) is 12.6 Å². The zero-order chi connectivity index (χ0) is 14.5. The summed E-state index contributed by atoms with van der Waals surface area (Å²) in [6.07, 6.45) is -4.47. The number of nitrogens with zero attached hydrogens (tertiary/aromatic N) is 3. The maximum Gasteiger partial charge on any atom is 0.437 e. The van der Waals surface area contributed by atoms with E-state index in [-0.39, 0.29) is 29.8 Å². The second-order valence-electron chi connectivity index (χ2n) is 4.28. The Labute approximate surface area is 116 Å². The third kappa shape index (κ3) is 2.12. The van der Waals surface area contributed by atoms with Gasteiger partial charge in [-0.2, -0.15) is 13.2 Å². The molecule has 0 bridgehead atoms. The van der Waals surface area contributed by atoms with E-state index in [4.69, 9.17) is 0 Å². The zero-order valence-electron chi connectivity index (χ0n) is 9.88. The van der Waals surface area contributed by atoms with Crippen LogP contribution < -0.4 is 4.31 Å². The van der Waals surface area contributed by atoms with Crippen molar-refractivity contribution < 1.29 is 21.6 Å². The number of thiophene rings is 1. The highest BCUT2D eigenvalue weighted by Gasteiger charge is 2.42. The molecule has 0 aliphatic carbocycles. The molecule has 1 fully saturated rings. The number of aromatic nitrogens is 2. The summed E-state index contributed by atoms with van der Waals surface area (Å²) in [6, 6.07) is 0. The second-order valence-corrected chi connectivity index (χ2v) is 7.03. The molecule has 3 heterocycles. The third-order valence-electron chi connectivity index (χ3n) is 2.90. The molecular formula is C10H8F3N3O2S2. The van der Waals surface area contributed by atoms with E-state index in [1.165, 1.54) is 10.8 Å². The summed E-state index contributed by atoms with van der Waals surface area (Å²) in [7, 11) is -3.74. The molecule has 3 rings (SSSR count). The van der Waals surface area contributed by atoms with Crippen molar-refractivity contribution in [2.24, 2.45) is 0 Å². The van der Waals surface area contributed by atoms with Crippen LogP contribution in [0.4, 0.5) is 19.0 Å². The van der Waals surface area contributed by atoms with Crippen LogP contribution in [0.2, 0.25) is 0 Å². The van der Waals surface area contributed by atoms with Gasteiger partial charge in [-0.15, -0.1) is 11.3 Å². The van der Waals surface area contributed by atoms with E-state index in [0.29, 0.717) is 4.31 Å². The van der Waals surface area contributed by atoms with Gasteiger partial charge in [0.25, 0.3) is 0 Å². The fourth-order valence-corrected chi connectivity index (χ4v) is 4.22. The molecule has 1 aliphatic heterocycles. The van der Waals surface area contributed by atoms with E-state index in [1.807, 2.05) is 0 Å². The third-order valence-corrected chi connectivity index (χ3v) is 5.45. The van der Waals surface area contributed by atoms with E-state index in [9.17, 15) is 21.6 Å². The summed E-state index contributed by atoms with van der Waals surface area (Å²) in [6.45, 7) is -0.00423. The molecule has 1 aliphatic rings. The Kier molecular flexibility index (Phi) is 2.91. The predicted molar refractivity (Wildman–Crippen MR) is 68.2 cm³/mol. The van der Waals surface area contributed by atoms with Crippen LogP contribution in [0.25, 0.3) is 11.0 Å². The van der Waals surface area contributed by atoms with Gasteiger partial charge in [0.15, 0.2) is 11.5 Å². The van der Waals surface area contributed by atoms with Crippen molar-refractivity contribution in [1.29, 1.82) is 0 Å². The fourth-order valence-electron chi connectivity index (χ4n) is 2.03. The SMILES string of the molecule is O=S1(=O)CCCN1c1nc2cscc2nc1C(F)(F)F. The molecule has 0 spiro atoms. The van der Waals surface area contributed by atoms with Crippen molar-refractivity contribution in [2.75, 3.05) is 16.6 Å². The van der Waals surface area contributed by atoms with Gasteiger partial charge in [0.2, 0.25) is 10.0 Å². The minimum atomic E-state index is -4.75. The molecule has 0 N–H and O–H groups in total. The van der Waals surface area contributed by atoms with Crippen LogP contribution in [-0.2, 0) is 16.2 Å². The molecule has 10 heteroatoms. The molecule has 20 heavy (non-hydrogen) atoms. The highest BCUT2D eigenvalue weighted by molar-refractivity contribution is 7.93. The number of fused-ring (bicyclic) bond motifs is 1. The van der Waals surface area contributed by atoms with Gasteiger partial charge in [-0.05, 0) is 6.42 Å². The molecule has 108 valence electrons. The number of halogens is 3. The lowest BCUT2D eigenvalue weighted by molar-refractivity contribution is -0.140. The van der Waals surface area contributed by atoms with Crippen molar-refractivity contribution in [3.8, 4) is 0 Å². The lowest BCUT2D eigenvalue weighted by Crippen LogP contribution is -2.29. The lowest BCUT2D eigenvalue weighted by Gasteiger charge is -2.19. The van der Waals surface area contributed by atoms with E-state index in [1.54, 1.807) is 0 Å². The number of alkyl halides is 3. The van der Waals surface area contributed by atoms with Gasteiger partial charge in [0, 0.05) is 17.3 Å². The Morgan fingerprint density at radius 3 is 2.40 bits per heavy atom. The summed E-state index contributed by atoms with van der Waals surface area (Å²) >= 11 is 1.16. The highest BCUT2D eigenvalue weighted by Crippen LogP contribution is 2.37. The van der Waals surface area contributed by atoms with Crippen LogP contribution in [0.3, 0.4) is 0 Å². The minimum Gasteiger partial charge on any atom is -0.252 e. The standard InChI is InChI=1S/C10H8F3N3O2S2/c11-10(12,13)8-9(16-2-1-3-20(16,17)18)15-7-5-19-4-6(7)14-8/h4-5H,1-3H2. The molecule has 0 radical (unpaired) electrons. The topological polar surface area (TPSA) is 63.2 Å². The van der Waals surface area contributed by atoms with E-state index in [2.05, 4.69) is 9.97 Å². The molecule has 5 nitrogen and oxygen atoms in total. The van der Waals surface area contributed by atoms with Gasteiger partial charge in [-0.25, -0.2) is 18.4 Å². The molecule has 0 unspecified atom stereocenters. The van der Waals surface area contributed by atoms with Crippen LogP contribution in [0.15, 0.2) is 10.8 Å². The second kappa shape index (κ2) is 4.29. The van der Waals surface area contributed by atoms with E-state index in [0.717, 1.165) is 11.3 Å². The molecule has 1 saturated heterocycles. The summed E-state index contributed by atoms with van der Waals surface area (Å²) in [4.78, 5) is 7.39. The van der Waals surface area contributed by atoms with Gasteiger partial charge in [0.05, 0.1) is 5.75 Å². The molecular weight excluding hydrogens is 315 g/mol. The normalized spacial score (nSPS) is 18.9. The quantitative estimate of drug-likeness (QED) is 0.807. The first-order chi connectivity index (χ1) is 9.29. The van der Waals surface area contributed by atoms with Crippen molar-refractivity contribution in [1.82, 2.24) is 9.97 Å². The molecule has 0 aromatic carbocycles. The highest BCUT2D eigenvalue weighted by atomic mass is 32.2. The Hall–Kier alpha value is -1.42. The number of rotatable bonds is 1. The Morgan fingerprint density at radius 2 is 1.85 bits per heavy atom. The van der Waals surface area contributed by atoms with Crippen molar-refractivity contribution in [3.05, 3.63) is 16.5 Å². The van der Waals surface area contributed by atoms with Gasteiger partial charge < -0.3 is 0 Å². The smallest absolute Gasteiger partial charge is 0.252 e. The molecule has 0 amide bonds. The molecule has 2 aromatic rings. The van der Waals surface area contributed by atoms with Crippen molar-refractivity contribution >= 4 is 38.2 Å². The van der Waals surface area contributed by atoms with Gasteiger partial charge in [0.1, 0.15) is 11.0 Å². The van der Waals surface area contributed by atoms with Crippen LogP contribution in [-0.4, -0.2) is 30.7 Å². The Bertz CT molecular complexity index is 770. The van der Waals surface area contributed by atoms with Crippen LogP contribution in [0.5, 0.6) is 0 Å². The van der Waals surface area contributed by atoms with E-state index >= 15 is 0 Å². The summed E-state index contributed by atoms with van der Waals surface area (Å²) in [5.74, 6) is -0.797. The monoisotopic (exact) mass is 323 g/mol. The van der Waals surface area contributed by atoms with Crippen LogP contribution >= 0.6 is 11.3 Å². The summed E-state index contributed by atoms with van der Waals surface area (Å²) < 4.78 is 63.5. The number of anilines is 1. The van der Waals surface area contributed by atoms with Gasteiger partial charge in [-0.3, -0.25) is 4.31 Å². The number of sulfonamides is 1. The Balaban J connectivity index is 2.27. The van der Waals surface area contributed by atoms with Crippen molar-refractivity contribution in [3.63, 3.8) is 0 Å². The molecule has 0 atom stereocenters. The lowest BCUT2D eigenvalue weighted by atomic mass is 10.3. The number of hydrogen-bond donors (Lipinski definition) is 0. The van der Waals surface area contributed by atoms with Crippen LogP contribution in [0.1, 0.15) is 12.1 Å². The average Bonchev–Trinajstić information content (AvgIpc) is 2.91. The number of hydrogen-bond acceptors (Lipinski definition) is 5. The van der Waals surface area contributed by atoms with Crippen LogP contribution in [0, 0.1) is 0 Å². The maximum atomic E-state index is 13.1. The largest absolute Gasteiger partial charge is 0.437 e. The van der Waals surface area contributed by atoms with Gasteiger partial charge >= 0.3 is 6.18 Å². The molecule has 2 aromatic heterocycles. The first-order valence-electron chi connectivity index (χ1n) is 5.60. The average molecular weight is 323 g/mol. The van der Waals surface area contributed by atoms with E-state index < -0.39 is 27.7 Å². The first kappa shape index (κ1) is 13.6. The summed E-state index contributed by atoms with van der Waals surface area (Å²) in [5, 5.41) is 2.98. The molecule has 0 saturated carbocycles. The maximum absolute atomic E-state index is 13.1. The minimum absolute atomic E-state index is 0.00423. The fraction of sp³-hybridized carbons (Fsp3) is 0.400.